The summed E-state index contributed by atoms with van der Waals surface area (Å²) >= 11 is 0. The van der Waals surface area contributed by atoms with Gasteiger partial charge in [-0.1, -0.05) is 26.0 Å². The van der Waals surface area contributed by atoms with Gasteiger partial charge >= 0.3 is 5.97 Å². The van der Waals surface area contributed by atoms with Gasteiger partial charge in [-0.25, -0.2) is 0 Å². The van der Waals surface area contributed by atoms with Crippen LogP contribution in [0.5, 0.6) is 0 Å². The van der Waals surface area contributed by atoms with Crippen molar-refractivity contribution < 1.29 is 9.90 Å². The van der Waals surface area contributed by atoms with Crippen LogP contribution in [-0.4, -0.2) is 54.2 Å². The molecule has 0 saturated carbocycles. The zero-order valence-corrected chi connectivity index (χ0v) is 13.0. The minimum atomic E-state index is -0.787. The number of aliphatic carboxylic acids is 1. The second-order valence-electron chi connectivity index (χ2n) is 6.29. The second-order valence-corrected chi connectivity index (χ2v) is 6.29. The van der Waals surface area contributed by atoms with Gasteiger partial charge in [-0.3, -0.25) is 10.1 Å². The number of nitrogens with two attached hydrogens (primary N) is 1. The highest BCUT2D eigenvalue weighted by Crippen LogP contribution is 2.24. The Bertz CT molecular complexity index is 344. The van der Waals surface area contributed by atoms with Gasteiger partial charge in [0.15, 0.2) is 0 Å². The molecule has 1 aliphatic rings. The molecule has 0 radical (unpaired) electrons. The molecule has 0 aromatic carbocycles. The summed E-state index contributed by atoms with van der Waals surface area (Å²) in [5.41, 5.74) is 6.31. The number of carboxylic acids is 1. The van der Waals surface area contributed by atoms with Crippen molar-refractivity contribution in [1.29, 1.82) is 0 Å². The minimum absolute atomic E-state index is 0.0295. The third-order valence-electron chi connectivity index (χ3n) is 3.76. The van der Waals surface area contributed by atoms with Crippen molar-refractivity contribution in [1.82, 2.24) is 10.2 Å². The Hall–Kier alpha value is -0.910. The van der Waals surface area contributed by atoms with E-state index < -0.39 is 12.0 Å². The van der Waals surface area contributed by atoms with Gasteiger partial charge in [-0.15, -0.1) is 0 Å². The summed E-state index contributed by atoms with van der Waals surface area (Å²) in [4.78, 5) is 13.4. The molecule has 0 aliphatic carbocycles. The van der Waals surface area contributed by atoms with Crippen molar-refractivity contribution in [2.75, 3.05) is 20.1 Å². The molecule has 0 aromatic rings. The molecule has 1 heterocycles. The van der Waals surface area contributed by atoms with Gasteiger partial charge in [0.1, 0.15) is 6.04 Å². The first-order chi connectivity index (χ1) is 9.35. The minimum Gasteiger partial charge on any atom is -0.480 e. The highest BCUT2D eigenvalue weighted by molar-refractivity contribution is 5.74. The molecular formula is C15H29N3O2. The van der Waals surface area contributed by atoms with E-state index in [1.807, 2.05) is 13.0 Å². The van der Waals surface area contributed by atoms with Crippen molar-refractivity contribution >= 4 is 5.97 Å². The van der Waals surface area contributed by atoms with Crippen LogP contribution in [0.2, 0.25) is 0 Å². The Balaban J connectivity index is 2.63. The Labute approximate surface area is 122 Å². The number of carbonyl (C=O) groups is 1. The lowest BCUT2D eigenvalue weighted by atomic mass is 9.93. The molecule has 0 bridgehead atoms. The van der Waals surface area contributed by atoms with E-state index in [9.17, 15) is 4.79 Å². The Morgan fingerprint density at radius 3 is 2.65 bits per heavy atom. The van der Waals surface area contributed by atoms with E-state index in [0.717, 1.165) is 13.1 Å². The lowest BCUT2D eigenvalue weighted by molar-refractivity contribution is -0.139. The van der Waals surface area contributed by atoms with Crippen molar-refractivity contribution in [3.8, 4) is 0 Å². The lowest BCUT2D eigenvalue weighted by Crippen LogP contribution is -2.52. The fraction of sp³-hybridized carbons (Fsp3) is 0.800. The summed E-state index contributed by atoms with van der Waals surface area (Å²) in [6, 6.07) is -0.520. The molecule has 20 heavy (non-hydrogen) atoms. The number of carboxylic acid groups (broad SMARTS) is 1. The van der Waals surface area contributed by atoms with Crippen LogP contribution in [0.1, 0.15) is 27.2 Å². The van der Waals surface area contributed by atoms with Crippen LogP contribution in [0.4, 0.5) is 0 Å². The number of likely N-dealkylation sites (N-methyl/N-ethyl adjacent to an activating group) is 1. The van der Waals surface area contributed by atoms with Gasteiger partial charge in [-0.2, -0.15) is 0 Å². The Kier molecular flexibility index (Phi) is 6.65. The fourth-order valence-corrected chi connectivity index (χ4v) is 3.07. The third-order valence-corrected chi connectivity index (χ3v) is 3.76. The van der Waals surface area contributed by atoms with Gasteiger partial charge in [0.2, 0.25) is 0 Å². The molecule has 116 valence electrons. The first-order valence-electron chi connectivity index (χ1n) is 7.41. The van der Waals surface area contributed by atoms with Gasteiger partial charge in [0, 0.05) is 25.2 Å². The van der Waals surface area contributed by atoms with E-state index in [1.165, 1.54) is 0 Å². The molecule has 4 unspecified atom stereocenters. The van der Waals surface area contributed by atoms with E-state index in [4.69, 9.17) is 10.8 Å². The molecule has 0 aromatic heterocycles. The molecular weight excluding hydrogens is 254 g/mol. The quantitative estimate of drug-likeness (QED) is 0.605. The first kappa shape index (κ1) is 17.1. The summed E-state index contributed by atoms with van der Waals surface area (Å²) in [5, 5.41) is 12.3. The van der Waals surface area contributed by atoms with E-state index in [0.29, 0.717) is 12.3 Å². The van der Waals surface area contributed by atoms with Crippen LogP contribution in [-0.2, 0) is 4.79 Å². The summed E-state index contributed by atoms with van der Waals surface area (Å²) in [6.45, 7) is 8.09. The van der Waals surface area contributed by atoms with E-state index in [2.05, 4.69) is 37.2 Å². The van der Waals surface area contributed by atoms with Crippen molar-refractivity contribution in [2.24, 2.45) is 17.6 Å². The van der Waals surface area contributed by atoms with E-state index >= 15 is 0 Å². The summed E-state index contributed by atoms with van der Waals surface area (Å²) < 4.78 is 0. The maximum Gasteiger partial charge on any atom is 0.320 e. The predicted molar refractivity (Wildman–Crippen MR) is 81.6 cm³/mol. The molecule has 4 N–H and O–H groups in total. The molecule has 1 fully saturated rings. The molecule has 0 spiro atoms. The van der Waals surface area contributed by atoms with Crippen LogP contribution in [0.15, 0.2) is 12.2 Å². The molecule has 1 rings (SSSR count). The molecule has 0 amide bonds. The summed E-state index contributed by atoms with van der Waals surface area (Å²) in [5.74, 6) is 0.00938. The van der Waals surface area contributed by atoms with Crippen LogP contribution in [0.25, 0.3) is 0 Å². The van der Waals surface area contributed by atoms with Crippen LogP contribution >= 0.6 is 0 Å². The first-order valence-corrected chi connectivity index (χ1v) is 7.41. The monoisotopic (exact) mass is 283 g/mol. The molecule has 5 nitrogen and oxygen atoms in total. The predicted octanol–water partition coefficient (Wildman–Crippen LogP) is 0.909. The smallest absolute Gasteiger partial charge is 0.320 e. The zero-order chi connectivity index (χ0) is 15.3. The van der Waals surface area contributed by atoms with E-state index in [1.54, 1.807) is 0 Å². The fourth-order valence-electron chi connectivity index (χ4n) is 3.07. The molecule has 4 atom stereocenters. The van der Waals surface area contributed by atoms with Gasteiger partial charge in [-0.05, 0) is 32.2 Å². The number of allylic oxidation sites excluding steroid dienone is 1. The van der Waals surface area contributed by atoms with Crippen molar-refractivity contribution in [3.63, 3.8) is 0 Å². The standard InChI is InChI=1S/C15H29N3O2/c1-5-6-11-7-13(15(19)20)17-14(11)12(16)9-18(4)8-10(2)3/h5-6,10-14,17H,7-9,16H2,1-4H3,(H,19,20)/b6-5-. The topological polar surface area (TPSA) is 78.6 Å². The average Bonchev–Trinajstić information content (AvgIpc) is 2.72. The summed E-state index contributed by atoms with van der Waals surface area (Å²) in [7, 11) is 2.06. The van der Waals surface area contributed by atoms with Crippen molar-refractivity contribution in [2.45, 2.75) is 45.3 Å². The van der Waals surface area contributed by atoms with E-state index in [-0.39, 0.29) is 18.0 Å². The maximum absolute atomic E-state index is 11.1. The third kappa shape index (κ3) is 4.89. The lowest BCUT2D eigenvalue weighted by Gasteiger charge is -2.29. The second kappa shape index (κ2) is 7.76. The SMILES string of the molecule is C/C=C\C1CC(C(=O)O)NC1C(N)CN(C)CC(C)C. The van der Waals surface area contributed by atoms with Crippen LogP contribution < -0.4 is 11.1 Å². The highest BCUT2D eigenvalue weighted by atomic mass is 16.4. The average molecular weight is 283 g/mol. The normalized spacial score (nSPS) is 28.6. The number of nitrogens with one attached hydrogen (secondary N) is 1. The number of hydrogen-bond donors (Lipinski definition) is 3. The Morgan fingerprint density at radius 1 is 1.50 bits per heavy atom. The van der Waals surface area contributed by atoms with Gasteiger partial charge in [0.05, 0.1) is 0 Å². The maximum atomic E-state index is 11.1. The molecule has 1 saturated heterocycles. The van der Waals surface area contributed by atoms with Crippen LogP contribution in [0, 0.1) is 11.8 Å². The number of rotatable bonds is 7. The van der Waals surface area contributed by atoms with Crippen molar-refractivity contribution in [3.05, 3.63) is 12.2 Å². The largest absolute Gasteiger partial charge is 0.480 e. The number of hydrogen-bond acceptors (Lipinski definition) is 4. The zero-order valence-electron chi connectivity index (χ0n) is 13.0. The molecule has 5 heteroatoms. The van der Waals surface area contributed by atoms with Gasteiger partial charge in [0.25, 0.3) is 0 Å². The molecule has 1 aliphatic heterocycles. The Morgan fingerprint density at radius 2 is 2.15 bits per heavy atom. The number of nitrogens with zero attached hydrogens (tertiary/aromatic N) is 1. The highest BCUT2D eigenvalue weighted by Gasteiger charge is 2.38. The van der Waals surface area contributed by atoms with Crippen LogP contribution in [0.3, 0.4) is 0 Å². The summed E-state index contributed by atoms with van der Waals surface area (Å²) in [6.07, 6.45) is 4.67. The van der Waals surface area contributed by atoms with Gasteiger partial charge < -0.3 is 15.7 Å².